The van der Waals surface area contributed by atoms with Crippen molar-refractivity contribution in [3.63, 3.8) is 0 Å². The van der Waals surface area contributed by atoms with Crippen LogP contribution in [0.4, 0.5) is 0 Å². The number of rotatable bonds is 2. The van der Waals surface area contributed by atoms with Gasteiger partial charge in [-0.1, -0.05) is 0 Å². The third-order valence-electron chi connectivity index (χ3n) is 0.924. The molecule has 1 nitrogen and oxygen atoms in total. The number of hydrogen-bond acceptors (Lipinski definition) is 1. The molecule has 0 aliphatic carbocycles. The Labute approximate surface area is 82.6 Å². The summed E-state index contributed by atoms with van der Waals surface area (Å²) in [7, 11) is 0. The van der Waals surface area contributed by atoms with E-state index in [1.807, 2.05) is 16.0 Å². The van der Waals surface area contributed by atoms with Gasteiger partial charge in [0.25, 0.3) is 0 Å². The molecule has 0 amide bonds. The molecule has 0 atom stereocenters. The van der Waals surface area contributed by atoms with Crippen LogP contribution < -0.4 is 0 Å². The van der Waals surface area contributed by atoms with Crippen molar-refractivity contribution in [1.29, 1.82) is 0 Å². The van der Waals surface area contributed by atoms with E-state index in [0.29, 0.717) is 15.2 Å². The molecule has 52 valence electrons. The molecule has 0 N–H and O–H groups in total. The maximum atomic E-state index is 2.89. The van der Waals surface area contributed by atoms with Gasteiger partial charge in [-0.25, -0.2) is 0 Å². The molecular formula is C6H5NSe3. The van der Waals surface area contributed by atoms with Crippen molar-refractivity contribution in [2.45, 2.75) is 0 Å². The third kappa shape index (κ3) is 2.32. The van der Waals surface area contributed by atoms with Crippen LogP contribution in [0.25, 0.3) is 0 Å². The van der Waals surface area contributed by atoms with Crippen LogP contribution in [0.1, 0.15) is 0 Å². The molecule has 0 spiro atoms. The molecule has 0 saturated heterocycles. The third-order valence-corrected chi connectivity index (χ3v) is 5.26. The van der Waals surface area contributed by atoms with Crippen LogP contribution in [-0.2, 0) is 0 Å². The molecule has 0 aromatic rings. The van der Waals surface area contributed by atoms with Gasteiger partial charge in [-0.2, -0.15) is 0 Å². The van der Waals surface area contributed by atoms with E-state index in [1.165, 1.54) is 4.47 Å². The van der Waals surface area contributed by atoms with Crippen molar-refractivity contribution in [2.75, 3.05) is 0 Å². The molecule has 0 aromatic heterocycles. The Balaban J connectivity index is 2.66. The number of hydrogen-bond donors (Lipinski definition) is 0. The van der Waals surface area contributed by atoms with Gasteiger partial charge in [0.05, 0.1) is 0 Å². The summed E-state index contributed by atoms with van der Waals surface area (Å²) in [5, 5.41) is 1.97. The van der Waals surface area contributed by atoms with E-state index in [9.17, 15) is 0 Å². The number of nitrogens with zero attached hydrogens (tertiary/aromatic N) is 1. The Morgan fingerprint density at radius 1 is 1.50 bits per heavy atom. The number of allylic oxidation sites excluding steroid dienone is 3. The molecule has 0 fully saturated rings. The van der Waals surface area contributed by atoms with Crippen LogP contribution in [0.3, 0.4) is 0 Å². The molecular weight excluding hydrogens is 323 g/mol. The normalized spacial score (nSPS) is 16.4. The maximum absolute atomic E-state index is 2.89. The van der Waals surface area contributed by atoms with Crippen molar-refractivity contribution in [1.82, 2.24) is 3.92 Å². The van der Waals surface area contributed by atoms with Gasteiger partial charge in [-0.3, -0.25) is 0 Å². The minimum absolute atomic E-state index is 0.422. The van der Waals surface area contributed by atoms with Crippen LogP contribution >= 0.6 is 0 Å². The van der Waals surface area contributed by atoms with Crippen molar-refractivity contribution in [3.8, 4) is 0 Å². The quantitative estimate of drug-likeness (QED) is 0.601. The summed E-state index contributed by atoms with van der Waals surface area (Å²) < 4.78 is 3.51. The Hall–Kier alpha value is 0.578. The van der Waals surface area contributed by atoms with E-state index in [0.717, 1.165) is 0 Å². The molecule has 0 bridgehead atoms. The van der Waals surface area contributed by atoms with Gasteiger partial charge in [-0.05, 0) is 0 Å². The van der Waals surface area contributed by atoms with E-state index in [4.69, 9.17) is 0 Å². The van der Waals surface area contributed by atoms with Crippen LogP contribution in [0, 0.1) is 0 Å². The fourth-order valence-corrected chi connectivity index (χ4v) is 3.03. The van der Waals surface area contributed by atoms with Crippen molar-refractivity contribution in [3.05, 3.63) is 22.8 Å². The van der Waals surface area contributed by atoms with E-state index < -0.39 is 0 Å². The molecule has 0 aromatic carbocycles. The van der Waals surface area contributed by atoms with Gasteiger partial charge < -0.3 is 0 Å². The summed E-state index contributed by atoms with van der Waals surface area (Å²) in [5.41, 5.74) is 0. The molecule has 0 saturated carbocycles. The standard InChI is InChI=1S/C6H5NSe3/c8-4-6-2-1-3-7(5-9)10-6/h1-5H. The first-order chi connectivity index (χ1) is 4.86. The second-order valence-electron chi connectivity index (χ2n) is 1.58. The topological polar surface area (TPSA) is 3.24 Å². The van der Waals surface area contributed by atoms with Gasteiger partial charge in [0.15, 0.2) is 0 Å². The van der Waals surface area contributed by atoms with Gasteiger partial charge >= 0.3 is 83.0 Å². The first-order valence-corrected chi connectivity index (χ1v) is 6.22. The van der Waals surface area contributed by atoms with Gasteiger partial charge in [-0.15, -0.1) is 0 Å². The van der Waals surface area contributed by atoms with Crippen LogP contribution in [0.2, 0.25) is 0 Å². The predicted molar refractivity (Wildman–Crippen MR) is 48.5 cm³/mol. The zero-order chi connectivity index (χ0) is 7.40. The molecule has 1 heterocycles. The summed E-state index contributed by atoms with van der Waals surface area (Å²) in [6, 6.07) is 0. The zero-order valence-electron chi connectivity index (χ0n) is 5.06. The van der Waals surface area contributed by atoms with Crippen LogP contribution in [0.15, 0.2) is 22.8 Å². The molecule has 1 rings (SSSR count). The first-order valence-electron chi connectivity index (χ1n) is 2.62. The van der Waals surface area contributed by atoms with Crippen molar-refractivity contribution < 1.29 is 0 Å². The second-order valence-corrected chi connectivity index (χ2v) is 4.78. The molecule has 0 unspecified atom stereocenters. The van der Waals surface area contributed by atoms with Gasteiger partial charge in [0.1, 0.15) is 0 Å². The first kappa shape index (κ1) is 8.67. The van der Waals surface area contributed by atoms with Gasteiger partial charge in [0.2, 0.25) is 0 Å². The fraction of sp³-hybridized carbons (Fsp3) is 0. The zero-order valence-corrected chi connectivity index (χ0v) is 10.2. The average molecular weight is 328 g/mol. The molecule has 10 heavy (non-hydrogen) atoms. The van der Waals surface area contributed by atoms with Crippen LogP contribution in [0.5, 0.6) is 0 Å². The SMILES string of the molecule is [Se]=CC1=CC=CN(C=[Se])[Se]1. The summed E-state index contributed by atoms with van der Waals surface area (Å²) in [4.78, 5) is 2.03. The molecule has 1 aliphatic heterocycles. The fourth-order valence-electron chi connectivity index (χ4n) is 0.523. The van der Waals surface area contributed by atoms with Crippen molar-refractivity contribution >= 4 is 56.3 Å². The summed E-state index contributed by atoms with van der Waals surface area (Å²) in [6.07, 6.45) is 6.22. The monoisotopic (exact) mass is 331 g/mol. The molecule has 0 radical (unpaired) electrons. The average Bonchev–Trinajstić information content (AvgIpc) is 2.05. The molecule has 1 aliphatic rings. The Morgan fingerprint density at radius 3 is 2.90 bits per heavy atom. The summed E-state index contributed by atoms with van der Waals surface area (Å²) in [6.45, 7) is 0. The summed E-state index contributed by atoms with van der Waals surface area (Å²) >= 11 is 6.19. The van der Waals surface area contributed by atoms with Crippen LogP contribution in [-0.4, -0.2) is 60.2 Å². The Kier molecular flexibility index (Phi) is 3.86. The van der Waals surface area contributed by atoms with E-state index in [-0.39, 0.29) is 0 Å². The van der Waals surface area contributed by atoms with E-state index >= 15 is 0 Å². The second kappa shape index (κ2) is 4.46. The summed E-state index contributed by atoms with van der Waals surface area (Å²) in [5.74, 6) is 0. The van der Waals surface area contributed by atoms with E-state index in [2.05, 4.69) is 47.3 Å². The predicted octanol–water partition coefficient (Wildman–Crippen LogP) is -0.782. The van der Waals surface area contributed by atoms with Crippen molar-refractivity contribution in [2.24, 2.45) is 0 Å². The Morgan fingerprint density at radius 2 is 2.30 bits per heavy atom. The van der Waals surface area contributed by atoms with Gasteiger partial charge in [0, 0.05) is 0 Å². The molecule has 4 heteroatoms. The van der Waals surface area contributed by atoms with E-state index in [1.54, 1.807) is 0 Å². The Bertz CT molecular complexity index is 207. The minimum atomic E-state index is 0.422.